The Labute approximate surface area is 143 Å². The second-order valence-electron chi connectivity index (χ2n) is 5.65. The summed E-state index contributed by atoms with van der Waals surface area (Å²) in [6, 6.07) is 13.9. The number of nitrogens with zero attached hydrogens (tertiary/aromatic N) is 3. The van der Waals surface area contributed by atoms with Crippen LogP contribution in [0.2, 0.25) is 0 Å². The third-order valence-electron chi connectivity index (χ3n) is 3.82. The number of imidazole rings is 1. The lowest BCUT2D eigenvalue weighted by molar-refractivity contribution is 0.377. The van der Waals surface area contributed by atoms with Crippen molar-refractivity contribution in [1.29, 1.82) is 0 Å². The number of para-hydroxylation sites is 2. The van der Waals surface area contributed by atoms with Crippen LogP contribution < -0.4 is 5.32 Å². The summed E-state index contributed by atoms with van der Waals surface area (Å²) in [5.41, 5.74) is 2.67. The zero-order valence-corrected chi connectivity index (χ0v) is 13.4. The van der Waals surface area contributed by atoms with E-state index in [1.165, 1.54) is 12.1 Å². The number of nitrogens with one attached hydrogen (secondary N) is 2. The summed E-state index contributed by atoms with van der Waals surface area (Å²) < 4.78 is 18.2. The third-order valence-corrected chi connectivity index (χ3v) is 3.82. The molecule has 25 heavy (non-hydrogen) atoms. The minimum atomic E-state index is -0.288. The van der Waals surface area contributed by atoms with Crippen LogP contribution in [0.15, 0.2) is 53.1 Å². The highest BCUT2D eigenvalue weighted by molar-refractivity contribution is 5.77. The molecule has 0 amide bonds. The Morgan fingerprint density at radius 1 is 1.04 bits per heavy atom. The van der Waals surface area contributed by atoms with Crippen molar-refractivity contribution < 1.29 is 8.91 Å². The van der Waals surface area contributed by atoms with E-state index < -0.39 is 0 Å². The number of benzene rings is 2. The van der Waals surface area contributed by atoms with Gasteiger partial charge in [0.15, 0.2) is 0 Å². The number of aromatic nitrogens is 4. The number of halogens is 1. The van der Waals surface area contributed by atoms with E-state index in [0.29, 0.717) is 18.1 Å². The number of fused-ring (bicyclic) bond motifs is 1. The van der Waals surface area contributed by atoms with Crippen molar-refractivity contribution >= 4 is 17.0 Å². The molecule has 0 fully saturated rings. The van der Waals surface area contributed by atoms with Gasteiger partial charge in [0.05, 0.1) is 11.0 Å². The maximum Gasteiger partial charge on any atom is 0.227 e. The summed E-state index contributed by atoms with van der Waals surface area (Å²) in [5, 5.41) is 7.19. The van der Waals surface area contributed by atoms with E-state index in [1.54, 1.807) is 12.1 Å². The fourth-order valence-electron chi connectivity index (χ4n) is 2.56. The van der Waals surface area contributed by atoms with Gasteiger partial charge in [0.25, 0.3) is 0 Å². The Kier molecular flexibility index (Phi) is 4.12. The van der Waals surface area contributed by atoms with Crippen LogP contribution in [0.4, 0.5) is 10.3 Å². The van der Waals surface area contributed by atoms with Crippen LogP contribution in [0.1, 0.15) is 12.3 Å². The maximum atomic E-state index is 12.9. The largest absolute Gasteiger partial charge is 0.356 e. The second kappa shape index (κ2) is 6.72. The van der Waals surface area contributed by atoms with E-state index in [-0.39, 0.29) is 5.82 Å². The van der Waals surface area contributed by atoms with Crippen molar-refractivity contribution in [3.8, 4) is 11.4 Å². The number of H-pyrrole nitrogens is 1. The topological polar surface area (TPSA) is 79.6 Å². The van der Waals surface area contributed by atoms with E-state index in [0.717, 1.165) is 35.5 Å². The van der Waals surface area contributed by atoms with Crippen LogP contribution in [0.3, 0.4) is 0 Å². The molecule has 4 aromatic rings. The first-order valence-electron chi connectivity index (χ1n) is 8.05. The van der Waals surface area contributed by atoms with Gasteiger partial charge in [-0.25, -0.2) is 9.37 Å². The summed E-state index contributed by atoms with van der Waals surface area (Å²) >= 11 is 0. The molecule has 0 unspecified atom stereocenters. The van der Waals surface area contributed by atoms with Gasteiger partial charge in [-0.15, -0.1) is 0 Å². The van der Waals surface area contributed by atoms with E-state index in [4.69, 9.17) is 4.52 Å². The highest BCUT2D eigenvalue weighted by Crippen LogP contribution is 2.17. The molecule has 7 heteroatoms. The van der Waals surface area contributed by atoms with Gasteiger partial charge in [0, 0.05) is 18.5 Å². The summed E-state index contributed by atoms with van der Waals surface area (Å²) in [4.78, 5) is 12.0. The molecule has 0 atom stereocenters. The zero-order chi connectivity index (χ0) is 17.1. The van der Waals surface area contributed by atoms with Gasteiger partial charge >= 0.3 is 0 Å². The van der Waals surface area contributed by atoms with Crippen LogP contribution in [0.5, 0.6) is 0 Å². The molecule has 0 saturated carbocycles. The maximum absolute atomic E-state index is 12.9. The smallest absolute Gasteiger partial charge is 0.227 e. The molecular formula is C18H16FN5O. The van der Waals surface area contributed by atoms with Crippen molar-refractivity contribution in [1.82, 2.24) is 20.1 Å². The summed E-state index contributed by atoms with van der Waals surface area (Å²) in [6.45, 7) is 0.730. The van der Waals surface area contributed by atoms with Crippen LogP contribution in [0.25, 0.3) is 22.4 Å². The standard InChI is InChI=1S/C18H16FN5O/c19-13-9-7-12(8-10-13)17-23-16(25-24-17)6-3-11-20-18-21-14-4-1-2-5-15(14)22-18/h1-2,4-5,7-10H,3,6,11H2,(H2,20,21,22). The predicted octanol–water partition coefficient (Wildman–Crippen LogP) is 3.80. The van der Waals surface area contributed by atoms with E-state index in [2.05, 4.69) is 25.4 Å². The van der Waals surface area contributed by atoms with Crippen molar-refractivity contribution in [2.24, 2.45) is 0 Å². The molecule has 2 aromatic carbocycles. The normalized spacial score (nSPS) is 11.1. The lowest BCUT2D eigenvalue weighted by Crippen LogP contribution is -2.04. The van der Waals surface area contributed by atoms with Gasteiger partial charge in [-0.3, -0.25) is 0 Å². The van der Waals surface area contributed by atoms with Gasteiger partial charge in [-0.05, 0) is 42.8 Å². The Morgan fingerprint density at radius 3 is 2.72 bits per heavy atom. The minimum absolute atomic E-state index is 0.288. The van der Waals surface area contributed by atoms with Gasteiger partial charge in [-0.1, -0.05) is 17.3 Å². The average Bonchev–Trinajstić information content (AvgIpc) is 3.26. The first-order chi connectivity index (χ1) is 12.3. The Hall–Kier alpha value is -3.22. The number of hydrogen-bond donors (Lipinski definition) is 2. The molecule has 0 aliphatic rings. The Balaban J connectivity index is 1.31. The van der Waals surface area contributed by atoms with Gasteiger partial charge in [0.1, 0.15) is 5.82 Å². The minimum Gasteiger partial charge on any atom is -0.356 e. The Bertz CT molecular complexity index is 943. The lowest BCUT2D eigenvalue weighted by Gasteiger charge is -2.00. The fourth-order valence-corrected chi connectivity index (χ4v) is 2.56. The van der Waals surface area contributed by atoms with E-state index >= 15 is 0 Å². The van der Waals surface area contributed by atoms with Crippen LogP contribution in [-0.4, -0.2) is 26.7 Å². The van der Waals surface area contributed by atoms with Crippen molar-refractivity contribution in [2.45, 2.75) is 12.8 Å². The zero-order valence-electron chi connectivity index (χ0n) is 13.4. The number of hydrogen-bond acceptors (Lipinski definition) is 5. The molecule has 0 aliphatic heterocycles. The molecule has 0 bridgehead atoms. The number of rotatable bonds is 6. The Morgan fingerprint density at radius 2 is 1.88 bits per heavy atom. The molecule has 2 aromatic heterocycles. The van der Waals surface area contributed by atoms with Crippen molar-refractivity contribution in [3.05, 3.63) is 60.2 Å². The summed E-state index contributed by atoms with van der Waals surface area (Å²) in [6.07, 6.45) is 1.48. The fraction of sp³-hybridized carbons (Fsp3) is 0.167. The monoisotopic (exact) mass is 337 g/mol. The molecule has 0 radical (unpaired) electrons. The quantitative estimate of drug-likeness (QED) is 0.523. The van der Waals surface area contributed by atoms with Crippen LogP contribution >= 0.6 is 0 Å². The van der Waals surface area contributed by atoms with Crippen molar-refractivity contribution in [2.75, 3.05) is 11.9 Å². The molecule has 0 saturated heterocycles. The molecule has 2 heterocycles. The average molecular weight is 337 g/mol. The molecule has 6 nitrogen and oxygen atoms in total. The van der Waals surface area contributed by atoms with Crippen LogP contribution in [-0.2, 0) is 6.42 Å². The molecule has 2 N–H and O–H groups in total. The summed E-state index contributed by atoms with van der Waals surface area (Å²) in [5.74, 6) is 1.49. The van der Waals surface area contributed by atoms with E-state index in [9.17, 15) is 4.39 Å². The second-order valence-corrected chi connectivity index (χ2v) is 5.65. The number of aryl methyl sites for hydroxylation is 1. The van der Waals surface area contributed by atoms with Gasteiger partial charge in [0.2, 0.25) is 17.7 Å². The number of anilines is 1. The highest BCUT2D eigenvalue weighted by Gasteiger charge is 2.08. The number of aromatic amines is 1. The lowest BCUT2D eigenvalue weighted by atomic mass is 10.2. The first-order valence-corrected chi connectivity index (χ1v) is 8.05. The molecule has 4 rings (SSSR count). The molecule has 0 aliphatic carbocycles. The van der Waals surface area contributed by atoms with Crippen molar-refractivity contribution in [3.63, 3.8) is 0 Å². The molecule has 126 valence electrons. The van der Waals surface area contributed by atoms with Crippen LogP contribution in [0, 0.1) is 5.82 Å². The van der Waals surface area contributed by atoms with E-state index in [1.807, 2.05) is 24.3 Å². The molecular weight excluding hydrogens is 321 g/mol. The summed E-state index contributed by atoms with van der Waals surface area (Å²) in [7, 11) is 0. The third kappa shape index (κ3) is 3.50. The first kappa shape index (κ1) is 15.3. The SMILES string of the molecule is Fc1ccc(-c2noc(CCCNc3nc4ccccc4[nH]3)n2)cc1. The van der Waals surface area contributed by atoms with Gasteiger partial charge in [-0.2, -0.15) is 4.98 Å². The molecule has 0 spiro atoms. The highest BCUT2D eigenvalue weighted by atomic mass is 19.1. The van der Waals surface area contributed by atoms with Gasteiger partial charge < -0.3 is 14.8 Å². The predicted molar refractivity (Wildman–Crippen MR) is 92.6 cm³/mol.